The van der Waals surface area contributed by atoms with E-state index in [1.807, 2.05) is 19.2 Å². The third-order valence-corrected chi connectivity index (χ3v) is 3.42. The molecule has 4 heteroatoms. The highest BCUT2D eigenvalue weighted by molar-refractivity contribution is 5.28. The molecule has 0 aliphatic carbocycles. The Morgan fingerprint density at radius 2 is 2.05 bits per heavy atom. The summed E-state index contributed by atoms with van der Waals surface area (Å²) in [6.07, 6.45) is 0. The number of benzene rings is 1. The maximum Gasteiger partial charge on any atom is 0.120 e. The smallest absolute Gasteiger partial charge is 0.120 e. The molecule has 21 heavy (non-hydrogen) atoms. The van der Waals surface area contributed by atoms with Crippen molar-refractivity contribution in [2.75, 3.05) is 21.2 Å². The van der Waals surface area contributed by atoms with Gasteiger partial charge in [0.1, 0.15) is 17.3 Å². The number of hydrogen-bond donors (Lipinski definition) is 1. The van der Waals surface area contributed by atoms with Crippen LogP contribution in [0.5, 0.6) is 5.75 Å². The Labute approximate surface area is 126 Å². The molecule has 0 radical (unpaired) electrons. The number of ether oxygens (including phenoxy) is 1. The molecule has 1 aromatic carbocycles. The second-order valence-electron chi connectivity index (χ2n) is 5.37. The minimum absolute atomic E-state index is 0.769. The Balaban J connectivity index is 1.97. The molecule has 0 unspecified atom stereocenters. The van der Waals surface area contributed by atoms with Gasteiger partial charge in [-0.3, -0.25) is 4.90 Å². The summed E-state index contributed by atoms with van der Waals surface area (Å²) in [5.74, 6) is 2.91. The van der Waals surface area contributed by atoms with Crippen LogP contribution in [-0.4, -0.2) is 26.1 Å². The molecule has 114 valence electrons. The van der Waals surface area contributed by atoms with Crippen molar-refractivity contribution in [1.29, 1.82) is 0 Å². The van der Waals surface area contributed by atoms with Gasteiger partial charge in [0, 0.05) is 6.54 Å². The fraction of sp³-hybridized carbons (Fsp3) is 0.412. The maximum absolute atomic E-state index is 5.88. The monoisotopic (exact) mass is 288 g/mol. The Kier molecular flexibility index (Phi) is 5.42. The lowest BCUT2D eigenvalue weighted by atomic mass is 10.2. The van der Waals surface area contributed by atoms with E-state index in [0.717, 1.165) is 36.9 Å². The minimum Gasteiger partial charge on any atom is -0.497 e. The van der Waals surface area contributed by atoms with Crippen molar-refractivity contribution in [3.05, 3.63) is 53.0 Å². The zero-order valence-electron chi connectivity index (χ0n) is 13.3. The number of methoxy groups -OCH3 is 1. The summed E-state index contributed by atoms with van der Waals surface area (Å²) in [5, 5.41) is 3.12. The topological polar surface area (TPSA) is 37.6 Å². The lowest BCUT2D eigenvalue weighted by Crippen LogP contribution is -2.16. The van der Waals surface area contributed by atoms with Crippen LogP contribution in [0.2, 0.25) is 0 Å². The molecule has 4 nitrogen and oxygen atoms in total. The van der Waals surface area contributed by atoms with E-state index in [4.69, 9.17) is 9.15 Å². The Hall–Kier alpha value is -1.78. The van der Waals surface area contributed by atoms with Crippen LogP contribution >= 0.6 is 0 Å². The third kappa shape index (κ3) is 4.34. The summed E-state index contributed by atoms with van der Waals surface area (Å²) in [5.41, 5.74) is 2.43. The first kappa shape index (κ1) is 15.6. The normalized spacial score (nSPS) is 11.1. The molecule has 0 fully saturated rings. The molecule has 2 aromatic rings. The molecule has 0 saturated heterocycles. The van der Waals surface area contributed by atoms with Crippen molar-refractivity contribution < 1.29 is 9.15 Å². The average Bonchev–Trinajstić information content (AvgIpc) is 2.79. The van der Waals surface area contributed by atoms with Gasteiger partial charge < -0.3 is 14.5 Å². The van der Waals surface area contributed by atoms with Gasteiger partial charge in [-0.15, -0.1) is 0 Å². The lowest BCUT2D eigenvalue weighted by Gasteiger charge is -2.15. The molecule has 1 heterocycles. The van der Waals surface area contributed by atoms with Crippen LogP contribution < -0.4 is 10.1 Å². The largest absolute Gasteiger partial charge is 0.497 e. The summed E-state index contributed by atoms with van der Waals surface area (Å²) >= 11 is 0. The fourth-order valence-electron chi connectivity index (χ4n) is 2.41. The van der Waals surface area contributed by atoms with Gasteiger partial charge in [0.15, 0.2) is 0 Å². The number of nitrogens with zero attached hydrogens (tertiary/aromatic N) is 1. The number of rotatable bonds is 7. The van der Waals surface area contributed by atoms with Gasteiger partial charge in [0.25, 0.3) is 0 Å². The van der Waals surface area contributed by atoms with Crippen molar-refractivity contribution >= 4 is 0 Å². The summed E-state index contributed by atoms with van der Waals surface area (Å²) in [7, 11) is 5.71. The first-order valence-corrected chi connectivity index (χ1v) is 7.16. The Bertz CT molecular complexity index is 578. The third-order valence-electron chi connectivity index (χ3n) is 3.42. The van der Waals surface area contributed by atoms with E-state index in [9.17, 15) is 0 Å². The molecule has 0 spiro atoms. The molecule has 1 aromatic heterocycles. The van der Waals surface area contributed by atoms with E-state index >= 15 is 0 Å². The van der Waals surface area contributed by atoms with E-state index in [1.165, 1.54) is 11.1 Å². The van der Waals surface area contributed by atoms with Crippen molar-refractivity contribution in [2.45, 2.75) is 26.6 Å². The van der Waals surface area contributed by atoms with Crippen molar-refractivity contribution in [1.82, 2.24) is 10.2 Å². The molecule has 0 aliphatic heterocycles. The minimum atomic E-state index is 0.769. The second-order valence-corrected chi connectivity index (χ2v) is 5.37. The standard InChI is InChI=1S/C17H24N2O2/c1-13-8-16(21-17(13)10-18-2)12-19(3)11-14-6-5-7-15(9-14)20-4/h5-9,18H,10-12H2,1-4H3. The van der Waals surface area contributed by atoms with Crippen molar-refractivity contribution in [3.8, 4) is 5.75 Å². The van der Waals surface area contributed by atoms with Gasteiger partial charge in [0.05, 0.1) is 20.2 Å². The summed E-state index contributed by atoms with van der Waals surface area (Å²) in [6, 6.07) is 10.3. The van der Waals surface area contributed by atoms with E-state index in [0.29, 0.717) is 0 Å². The van der Waals surface area contributed by atoms with Gasteiger partial charge in [-0.25, -0.2) is 0 Å². The molecule has 0 amide bonds. The van der Waals surface area contributed by atoms with Crippen molar-refractivity contribution in [2.24, 2.45) is 0 Å². The van der Waals surface area contributed by atoms with Crippen LogP contribution in [0.1, 0.15) is 22.6 Å². The molecule has 0 atom stereocenters. The highest BCUT2D eigenvalue weighted by atomic mass is 16.5. The quantitative estimate of drug-likeness (QED) is 0.850. The van der Waals surface area contributed by atoms with Gasteiger partial charge in [-0.1, -0.05) is 12.1 Å². The van der Waals surface area contributed by atoms with E-state index in [-0.39, 0.29) is 0 Å². The molecule has 0 saturated carbocycles. The molecule has 0 aliphatic rings. The van der Waals surface area contributed by atoms with E-state index in [2.05, 4.69) is 42.4 Å². The van der Waals surface area contributed by atoms with Crippen LogP contribution in [0.4, 0.5) is 0 Å². The summed E-state index contributed by atoms with van der Waals surface area (Å²) in [6.45, 7) is 4.51. The maximum atomic E-state index is 5.88. The second kappa shape index (κ2) is 7.29. The molecule has 2 rings (SSSR count). The van der Waals surface area contributed by atoms with Crippen LogP contribution in [0.25, 0.3) is 0 Å². The highest BCUT2D eigenvalue weighted by Crippen LogP contribution is 2.18. The molecule has 1 N–H and O–H groups in total. The van der Waals surface area contributed by atoms with E-state index < -0.39 is 0 Å². The predicted molar refractivity (Wildman–Crippen MR) is 84.4 cm³/mol. The number of aryl methyl sites for hydroxylation is 1. The number of furan rings is 1. The lowest BCUT2D eigenvalue weighted by molar-refractivity contribution is 0.282. The molecule has 0 bridgehead atoms. The molecular weight excluding hydrogens is 264 g/mol. The predicted octanol–water partition coefficient (Wildman–Crippen LogP) is 2.95. The zero-order valence-corrected chi connectivity index (χ0v) is 13.3. The highest BCUT2D eigenvalue weighted by Gasteiger charge is 2.09. The SMILES string of the molecule is CNCc1oc(CN(C)Cc2cccc(OC)c2)cc1C. The first-order chi connectivity index (χ1) is 10.1. The van der Waals surface area contributed by atoms with Crippen molar-refractivity contribution in [3.63, 3.8) is 0 Å². The summed E-state index contributed by atoms with van der Waals surface area (Å²) < 4.78 is 11.1. The Morgan fingerprint density at radius 3 is 2.76 bits per heavy atom. The van der Waals surface area contributed by atoms with E-state index in [1.54, 1.807) is 7.11 Å². The summed E-state index contributed by atoms with van der Waals surface area (Å²) in [4.78, 5) is 2.23. The van der Waals surface area contributed by atoms with Crippen LogP contribution in [0, 0.1) is 6.92 Å². The van der Waals surface area contributed by atoms with Crippen LogP contribution in [-0.2, 0) is 19.6 Å². The van der Waals surface area contributed by atoms with Gasteiger partial charge >= 0.3 is 0 Å². The van der Waals surface area contributed by atoms with Gasteiger partial charge in [-0.2, -0.15) is 0 Å². The molecular formula is C17H24N2O2. The average molecular weight is 288 g/mol. The van der Waals surface area contributed by atoms with Crippen LogP contribution in [0.3, 0.4) is 0 Å². The Morgan fingerprint density at radius 1 is 1.24 bits per heavy atom. The number of nitrogens with one attached hydrogen (secondary N) is 1. The number of hydrogen-bond acceptors (Lipinski definition) is 4. The van der Waals surface area contributed by atoms with Gasteiger partial charge in [0.2, 0.25) is 0 Å². The van der Waals surface area contributed by atoms with Crippen LogP contribution in [0.15, 0.2) is 34.7 Å². The zero-order chi connectivity index (χ0) is 15.2. The van der Waals surface area contributed by atoms with Gasteiger partial charge in [-0.05, 0) is 50.3 Å². The fourth-order valence-corrected chi connectivity index (χ4v) is 2.41. The first-order valence-electron chi connectivity index (χ1n) is 7.16.